The van der Waals surface area contributed by atoms with Crippen LogP contribution in [0.5, 0.6) is 0 Å². The minimum atomic E-state index is -0.345. The molecule has 1 aromatic carbocycles. The Balaban J connectivity index is 1.49. The van der Waals surface area contributed by atoms with Crippen LogP contribution in [0.3, 0.4) is 0 Å². The molecule has 0 radical (unpaired) electrons. The Bertz CT molecular complexity index is 991. The molecule has 3 aromatic heterocycles. The molecule has 0 aliphatic rings. The first-order valence-corrected chi connectivity index (χ1v) is 8.08. The maximum Gasteiger partial charge on any atom is 0.243 e. The van der Waals surface area contributed by atoms with Crippen LogP contribution in [-0.4, -0.2) is 25.3 Å². The Labute approximate surface area is 144 Å². The summed E-state index contributed by atoms with van der Waals surface area (Å²) in [5.41, 5.74) is 10.7. The summed E-state index contributed by atoms with van der Waals surface area (Å²) in [7, 11) is 0. The zero-order valence-corrected chi connectivity index (χ0v) is 13.8. The van der Waals surface area contributed by atoms with Gasteiger partial charge in [0, 0.05) is 24.2 Å². The number of nitrogens with two attached hydrogens (primary N) is 1. The van der Waals surface area contributed by atoms with Gasteiger partial charge in [0.1, 0.15) is 0 Å². The van der Waals surface area contributed by atoms with E-state index in [1.807, 2.05) is 18.3 Å². The molecular weight excluding hydrogens is 316 g/mol. The Morgan fingerprint density at radius 1 is 1.20 bits per heavy atom. The van der Waals surface area contributed by atoms with Gasteiger partial charge in [0.25, 0.3) is 0 Å². The largest absolute Gasteiger partial charge is 0.338 e. The molecule has 0 aliphatic heterocycles. The minimum Gasteiger partial charge on any atom is -0.338 e. The molecule has 126 valence electrons. The predicted octanol–water partition coefficient (Wildman–Crippen LogP) is 2.48. The van der Waals surface area contributed by atoms with Crippen molar-refractivity contribution in [1.29, 1.82) is 0 Å². The summed E-state index contributed by atoms with van der Waals surface area (Å²) in [4.78, 5) is 8.44. The molecule has 3 N–H and O–H groups in total. The lowest BCUT2D eigenvalue weighted by Gasteiger charge is -2.08. The standard InChI is InChI=1S/C18H18N6O/c1-11-6-13(7-14-10-21-23-17(11)14)8-15(19)18-22-16(24-25-18)9-12-2-4-20-5-3-12/h2-7,10,15H,8-9,19H2,1H3,(H,21,23). The zero-order valence-electron chi connectivity index (χ0n) is 13.8. The Kier molecular flexibility index (Phi) is 3.99. The van der Waals surface area contributed by atoms with Gasteiger partial charge in [-0.15, -0.1) is 0 Å². The number of benzene rings is 1. The maximum atomic E-state index is 6.27. The Morgan fingerprint density at radius 2 is 2.04 bits per heavy atom. The van der Waals surface area contributed by atoms with E-state index in [1.165, 1.54) is 0 Å². The van der Waals surface area contributed by atoms with Crippen LogP contribution in [0, 0.1) is 6.92 Å². The fraction of sp³-hybridized carbons (Fsp3) is 0.222. The van der Waals surface area contributed by atoms with Gasteiger partial charge in [0.05, 0.1) is 17.8 Å². The Hall–Kier alpha value is -3.06. The molecule has 7 heteroatoms. The number of aromatic amines is 1. The highest BCUT2D eigenvalue weighted by molar-refractivity contribution is 5.81. The third-order valence-electron chi connectivity index (χ3n) is 4.17. The highest BCUT2D eigenvalue weighted by atomic mass is 16.5. The molecule has 1 atom stereocenters. The second-order valence-electron chi connectivity index (χ2n) is 6.14. The molecular formula is C18H18N6O. The van der Waals surface area contributed by atoms with E-state index in [4.69, 9.17) is 10.3 Å². The van der Waals surface area contributed by atoms with Gasteiger partial charge in [-0.05, 0) is 48.2 Å². The van der Waals surface area contributed by atoms with Crippen molar-refractivity contribution < 1.29 is 4.52 Å². The second-order valence-corrected chi connectivity index (χ2v) is 6.14. The van der Waals surface area contributed by atoms with E-state index in [-0.39, 0.29) is 6.04 Å². The van der Waals surface area contributed by atoms with Crippen LogP contribution in [0.2, 0.25) is 0 Å². The van der Waals surface area contributed by atoms with E-state index < -0.39 is 0 Å². The summed E-state index contributed by atoms with van der Waals surface area (Å²) in [5.74, 6) is 1.08. The minimum absolute atomic E-state index is 0.345. The van der Waals surface area contributed by atoms with Gasteiger partial charge in [-0.2, -0.15) is 10.1 Å². The number of rotatable bonds is 5. The van der Waals surface area contributed by atoms with E-state index in [9.17, 15) is 0 Å². The summed E-state index contributed by atoms with van der Waals surface area (Å²) < 4.78 is 5.35. The van der Waals surface area contributed by atoms with Gasteiger partial charge >= 0.3 is 0 Å². The molecule has 25 heavy (non-hydrogen) atoms. The topological polar surface area (TPSA) is 107 Å². The molecule has 4 aromatic rings. The van der Waals surface area contributed by atoms with Gasteiger partial charge < -0.3 is 10.3 Å². The number of aryl methyl sites for hydroxylation is 1. The fourth-order valence-corrected chi connectivity index (χ4v) is 2.94. The number of nitrogens with one attached hydrogen (secondary N) is 1. The molecule has 0 aliphatic carbocycles. The molecule has 0 amide bonds. The first-order valence-electron chi connectivity index (χ1n) is 8.08. The van der Waals surface area contributed by atoms with E-state index in [0.717, 1.165) is 27.6 Å². The first kappa shape index (κ1) is 15.5. The van der Waals surface area contributed by atoms with E-state index in [0.29, 0.717) is 24.6 Å². The Morgan fingerprint density at radius 3 is 2.88 bits per heavy atom. The summed E-state index contributed by atoms with van der Waals surface area (Å²) in [6.07, 6.45) is 6.53. The van der Waals surface area contributed by atoms with Crippen molar-refractivity contribution in [3.8, 4) is 0 Å². The first-order chi connectivity index (χ1) is 12.2. The molecule has 0 saturated heterocycles. The van der Waals surface area contributed by atoms with Crippen molar-refractivity contribution in [2.24, 2.45) is 5.73 Å². The van der Waals surface area contributed by atoms with Crippen LogP contribution < -0.4 is 5.73 Å². The fourth-order valence-electron chi connectivity index (χ4n) is 2.94. The van der Waals surface area contributed by atoms with Gasteiger partial charge in [-0.1, -0.05) is 11.2 Å². The third-order valence-corrected chi connectivity index (χ3v) is 4.17. The molecule has 4 rings (SSSR count). The number of aromatic nitrogens is 5. The van der Waals surface area contributed by atoms with Crippen LogP contribution in [0.15, 0.2) is 47.4 Å². The van der Waals surface area contributed by atoms with Crippen molar-refractivity contribution in [3.05, 3.63) is 71.3 Å². The number of fused-ring (bicyclic) bond motifs is 1. The highest BCUT2D eigenvalue weighted by Crippen LogP contribution is 2.22. The lowest BCUT2D eigenvalue weighted by molar-refractivity contribution is 0.350. The molecule has 3 heterocycles. The van der Waals surface area contributed by atoms with Crippen molar-refractivity contribution in [2.45, 2.75) is 25.8 Å². The van der Waals surface area contributed by atoms with Crippen LogP contribution >= 0.6 is 0 Å². The lowest BCUT2D eigenvalue weighted by atomic mass is 10.0. The van der Waals surface area contributed by atoms with E-state index in [1.54, 1.807) is 12.4 Å². The van der Waals surface area contributed by atoms with Crippen LogP contribution in [-0.2, 0) is 12.8 Å². The molecule has 1 unspecified atom stereocenters. The van der Waals surface area contributed by atoms with Crippen molar-refractivity contribution in [3.63, 3.8) is 0 Å². The van der Waals surface area contributed by atoms with E-state index in [2.05, 4.69) is 44.4 Å². The van der Waals surface area contributed by atoms with Crippen molar-refractivity contribution in [1.82, 2.24) is 25.3 Å². The number of hydrogen-bond acceptors (Lipinski definition) is 6. The predicted molar refractivity (Wildman–Crippen MR) is 92.8 cm³/mol. The van der Waals surface area contributed by atoms with E-state index >= 15 is 0 Å². The van der Waals surface area contributed by atoms with Crippen molar-refractivity contribution >= 4 is 10.9 Å². The van der Waals surface area contributed by atoms with Gasteiger partial charge in [0.15, 0.2) is 5.82 Å². The number of hydrogen-bond donors (Lipinski definition) is 2. The molecule has 7 nitrogen and oxygen atoms in total. The second kappa shape index (κ2) is 6.45. The monoisotopic (exact) mass is 334 g/mol. The van der Waals surface area contributed by atoms with Gasteiger partial charge in [-0.25, -0.2) is 0 Å². The number of H-pyrrole nitrogens is 1. The SMILES string of the molecule is Cc1cc(CC(N)c2nc(Cc3ccncc3)no2)cc2cn[nH]c12. The molecule has 0 saturated carbocycles. The van der Waals surface area contributed by atoms with Crippen molar-refractivity contribution in [2.75, 3.05) is 0 Å². The van der Waals surface area contributed by atoms with Gasteiger partial charge in [0.2, 0.25) is 5.89 Å². The molecule has 0 fully saturated rings. The number of pyridine rings is 1. The molecule has 0 spiro atoms. The maximum absolute atomic E-state index is 6.27. The zero-order chi connectivity index (χ0) is 17.2. The smallest absolute Gasteiger partial charge is 0.243 e. The number of nitrogens with zero attached hydrogens (tertiary/aromatic N) is 4. The lowest BCUT2D eigenvalue weighted by Crippen LogP contribution is -2.14. The quantitative estimate of drug-likeness (QED) is 0.581. The summed E-state index contributed by atoms with van der Waals surface area (Å²) in [5, 5.41) is 12.2. The normalized spacial score (nSPS) is 12.6. The third kappa shape index (κ3) is 3.27. The average molecular weight is 334 g/mol. The molecule has 0 bridgehead atoms. The summed E-state index contributed by atoms with van der Waals surface area (Å²) >= 11 is 0. The van der Waals surface area contributed by atoms with Crippen LogP contribution in [0.4, 0.5) is 0 Å². The summed E-state index contributed by atoms with van der Waals surface area (Å²) in [6, 6.07) is 7.70. The average Bonchev–Trinajstić information content (AvgIpc) is 3.25. The van der Waals surface area contributed by atoms with Crippen LogP contribution in [0.25, 0.3) is 10.9 Å². The summed E-state index contributed by atoms with van der Waals surface area (Å²) in [6.45, 7) is 2.05. The highest BCUT2D eigenvalue weighted by Gasteiger charge is 2.16. The van der Waals surface area contributed by atoms with Crippen LogP contribution in [0.1, 0.15) is 34.4 Å². The van der Waals surface area contributed by atoms with Gasteiger partial charge in [-0.3, -0.25) is 10.1 Å².